The number of aromatic nitrogens is 2. The van der Waals surface area contributed by atoms with Gasteiger partial charge in [0.2, 0.25) is 11.0 Å². The molecule has 0 atom stereocenters. The Bertz CT molecular complexity index is 655. The van der Waals surface area contributed by atoms with Crippen LogP contribution in [0.2, 0.25) is 0 Å². The Morgan fingerprint density at radius 1 is 0.379 bits per heavy atom. The Morgan fingerprint density at radius 3 is 0.966 bits per heavy atom. The zero-order valence-electron chi connectivity index (χ0n) is 14.8. The van der Waals surface area contributed by atoms with Crippen LogP contribution in [0.4, 0.5) is 0 Å². The van der Waals surface area contributed by atoms with E-state index in [1.165, 1.54) is 21.8 Å². The Labute approximate surface area is 189 Å². The van der Waals surface area contributed by atoms with E-state index in [0.29, 0.717) is 0 Å². The molecule has 2 N–H and O–H groups in total. The molecule has 29 heavy (non-hydrogen) atoms. The minimum absolute atomic E-state index is 0. The normalized spacial score (nSPS) is 6.90. The monoisotopic (exact) mass is 476 g/mol. The van der Waals surface area contributed by atoms with Crippen LogP contribution >= 0.6 is 0 Å². The maximum atomic E-state index is 3.15. The number of hydrogen-bond acceptors (Lipinski definition) is 0. The van der Waals surface area contributed by atoms with Gasteiger partial charge in [-0.1, -0.05) is 24.3 Å². The van der Waals surface area contributed by atoms with Crippen molar-refractivity contribution in [2.45, 2.75) is 0 Å². The van der Waals surface area contributed by atoms with Crippen LogP contribution in [-0.4, -0.2) is 0 Å². The van der Waals surface area contributed by atoms with E-state index in [1.807, 2.05) is 48.8 Å². The van der Waals surface area contributed by atoms with Crippen LogP contribution in [0.1, 0.15) is 0 Å². The second-order valence-corrected chi connectivity index (χ2v) is 4.51. The van der Waals surface area contributed by atoms with E-state index in [-0.39, 0.29) is 73.1 Å². The average Bonchev–Trinajstić information content (AvgIpc) is 2.56. The van der Waals surface area contributed by atoms with E-state index in [2.05, 4.69) is 46.4 Å². The summed E-state index contributed by atoms with van der Waals surface area (Å²) in [6, 6.07) is 24.6. The minimum Gasteiger partial charge on any atom is -2.00 e. The second kappa shape index (κ2) is 24.1. The summed E-state index contributed by atoms with van der Waals surface area (Å²) in [5, 5.41) is 2.51. The first kappa shape index (κ1) is 45.7. The molecule has 0 aliphatic heterocycles. The van der Waals surface area contributed by atoms with Crippen LogP contribution < -0.4 is 9.97 Å². The number of aromatic amines is 2. The van der Waals surface area contributed by atoms with Gasteiger partial charge in [-0.05, 0) is 24.3 Å². The molecule has 9 nitrogen and oxygen atoms in total. The van der Waals surface area contributed by atoms with Crippen LogP contribution in [0.15, 0.2) is 85.2 Å². The molecule has 0 saturated carbocycles. The molecule has 0 aliphatic carbocycles. The van der Waals surface area contributed by atoms with E-state index < -0.39 is 0 Å². The Balaban J connectivity index is -0.0000000509. The molecule has 0 unspecified atom stereocenters. The van der Waals surface area contributed by atoms with E-state index >= 15 is 0 Å². The molecule has 0 saturated heterocycles. The van der Waals surface area contributed by atoms with Crippen molar-refractivity contribution in [2.75, 3.05) is 0 Å². The molecule has 0 amide bonds. The van der Waals surface area contributed by atoms with Crippen molar-refractivity contribution >= 4 is 21.8 Å². The molecule has 4 aromatic rings. The van der Waals surface area contributed by atoms with Crippen molar-refractivity contribution in [3.8, 4) is 0 Å². The summed E-state index contributed by atoms with van der Waals surface area (Å²) >= 11 is 0. The van der Waals surface area contributed by atoms with Crippen molar-refractivity contribution < 1.29 is 83.0 Å². The topological polar surface area (TPSA) is 228 Å². The number of rotatable bonds is 0. The quantitative estimate of drug-likeness (QED) is 0.356. The maximum absolute atomic E-state index is 3.15. The van der Waals surface area contributed by atoms with Crippen molar-refractivity contribution in [1.82, 2.24) is 0 Å². The summed E-state index contributed by atoms with van der Waals surface area (Å²) in [7, 11) is 0. The van der Waals surface area contributed by atoms with Crippen LogP contribution in [0.25, 0.3) is 21.8 Å². The summed E-state index contributed by atoms with van der Waals surface area (Å²) in [6.45, 7) is 0. The van der Waals surface area contributed by atoms with Crippen LogP contribution in [0.3, 0.4) is 0 Å². The first-order valence-corrected chi connectivity index (χ1v) is 6.64. The third kappa shape index (κ3) is 13.0. The predicted octanol–water partition coefficient (Wildman–Crippen LogP) is 2.47. The maximum Gasteiger partial charge on any atom is 6.00 e. The van der Waals surface area contributed by atoms with Gasteiger partial charge in [-0.2, -0.15) is 0 Å². The molecule has 0 bridgehead atoms. The molecule has 2 heterocycles. The van der Waals surface area contributed by atoms with E-state index in [4.69, 9.17) is 0 Å². The fourth-order valence-electron chi connectivity index (χ4n) is 2.13. The first-order chi connectivity index (χ1) is 9.93. The summed E-state index contributed by atoms with van der Waals surface area (Å²) in [5.41, 5.74) is 2.37. The predicted molar refractivity (Wildman–Crippen MR) is 85.8 cm³/mol. The minimum atomic E-state index is 0. The Kier molecular flexibility index (Phi) is 37.9. The molecule has 2 aromatic carbocycles. The molecule has 0 spiro atoms. The van der Waals surface area contributed by atoms with Crippen LogP contribution in [0.5, 0.6) is 0 Å². The van der Waals surface area contributed by atoms with Gasteiger partial charge in [0.15, 0.2) is 12.4 Å². The smallest absolute Gasteiger partial charge is 2.00 e. The number of nitrogens with one attached hydrogen (secondary N) is 2. The standard InChI is InChI=1S/2C9H7N.2Cr.7O/c2*1-2-6-9-8(4-1)5-3-7-10-9;;;;;;;;;/h2*1-7H;;;;;;;;;/q;;2*+6;7*-2/p+2. The van der Waals surface area contributed by atoms with Gasteiger partial charge in [-0.3, -0.25) is 0 Å². The van der Waals surface area contributed by atoms with Gasteiger partial charge in [-0.25, -0.2) is 9.97 Å². The summed E-state index contributed by atoms with van der Waals surface area (Å²) in [4.78, 5) is 6.30. The number of benzene rings is 2. The van der Waals surface area contributed by atoms with E-state index in [0.717, 1.165) is 0 Å². The number of para-hydroxylation sites is 2. The summed E-state index contributed by atoms with van der Waals surface area (Å²) in [6.07, 6.45) is 3.87. The SMILES string of the molecule is [Cr+6].[Cr+6].[O-2].[O-2].[O-2].[O-2].[O-2].[O-2].[O-2].c1ccc2[nH+]cccc2c1.c1ccc2[nH+]cccc2c1. The van der Waals surface area contributed by atoms with Gasteiger partial charge >= 0.3 is 34.7 Å². The largest absolute Gasteiger partial charge is 6.00 e. The summed E-state index contributed by atoms with van der Waals surface area (Å²) < 4.78 is 0. The van der Waals surface area contributed by atoms with E-state index in [1.54, 1.807) is 0 Å². The second-order valence-electron chi connectivity index (χ2n) is 4.51. The van der Waals surface area contributed by atoms with Crippen molar-refractivity contribution in [1.29, 1.82) is 0 Å². The Hall–Kier alpha value is -1.96. The van der Waals surface area contributed by atoms with Gasteiger partial charge in [0.25, 0.3) is 0 Å². The van der Waals surface area contributed by atoms with Gasteiger partial charge in [-0.15, -0.1) is 0 Å². The fraction of sp³-hybridized carbons (Fsp3) is 0. The molecule has 0 radical (unpaired) electrons. The van der Waals surface area contributed by atoms with Gasteiger partial charge < -0.3 is 38.3 Å². The van der Waals surface area contributed by atoms with Gasteiger partial charge in [0.1, 0.15) is 0 Å². The molecular formula is C18H16Cr2N2O7. The number of H-pyrrole nitrogens is 2. The van der Waals surface area contributed by atoms with Crippen molar-refractivity contribution in [3.05, 3.63) is 85.2 Å². The summed E-state index contributed by atoms with van der Waals surface area (Å²) in [5.74, 6) is 0. The van der Waals surface area contributed by atoms with Crippen molar-refractivity contribution in [3.63, 3.8) is 0 Å². The molecule has 0 aliphatic rings. The number of pyridine rings is 2. The molecule has 2 aromatic heterocycles. The molecule has 4 rings (SSSR count). The van der Waals surface area contributed by atoms with Crippen LogP contribution in [-0.2, 0) is 73.1 Å². The number of hydrogen-bond donors (Lipinski definition) is 0. The van der Waals surface area contributed by atoms with Gasteiger partial charge in [0, 0.05) is 35.0 Å². The zero-order chi connectivity index (χ0) is 13.6. The number of fused-ring (bicyclic) bond motifs is 2. The third-order valence-corrected chi connectivity index (χ3v) is 3.14. The molecular weight excluding hydrogens is 460 g/mol. The molecule has 11 heteroatoms. The third-order valence-electron chi connectivity index (χ3n) is 3.14. The molecule has 152 valence electrons. The fourth-order valence-corrected chi connectivity index (χ4v) is 2.13. The Morgan fingerprint density at radius 2 is 0.655 bits per heavy atom. The van der Waals surface area contributed by atoms with Crippen LogP contribution in [0, 0.1) is 0 Å². The van der Waals surface area contributed by atoms with Gasteiger partial charge in [0.05, 0.1) is 0 Å². The molecule has 0 fully saturated rings. The van der Waals surface area contributed by atoms with E-state index in [9.17, 15) is 0 Å². The van der Waals surface area contributed by atoms with Crippen molar-refractivity contribution in [2.24, 2.45) is 0 Å². The average molecular weight is 476 g/mol. The first-order valence-electron chi connectivity index (χ1n) is 6.64. The zero-order valence-corrected chi connectivity index (χ0v) is 17.3.